The van der Waals surface area contributed by atoms with Crippen molar-refractivity contribution >= 4 is 58.8 Å². The Morgan fingerprint density at radius 2 is 2.03 bits per heavy atom. The number of aryl methyl sites for hydroxylation is 1. The van der Waals surface area contributed by atoms with Crippen LogP contribution in [0.5, 0.6) is 0 Å². The minimum atomic E-state index is -0.0818. The molecule has 1 saturated carbocycles. The van der Waals surface area contributed by atoms with Crippen molar-refractivity contribution in [3.63, 3.8) is 0 Å². The lowest BCUT2D eigenvalue weighted by atomic mass is 9.96. The van der Waals surface area contributed by atoms with Crippen molar-refractivity contribution in [2.75, 3.05) is 26.2 Å². The Bertz CT molecular complexity index is 853. The number of aromatic nitrogens is 1. The molecule has 158 valence electrons. The topological polar surface area (TPSA) is 78.4 Å². The summed E-state index contributed by atoms with van der Waals surface area (Å²) in [4.78, 5) is 21.7. The summed E-state index contributed by atoms with van der Waals surface area (Å²) in [6.45, 7) is 6.49. The first kappa shape index (κ1) is 23.9. The first-order valence-corrected chi connectivity index (χ1v) is 10.8. The zero-order valence-electron chi connectivity index (χ0n) is 16.6. The number of aliphatic imine (C=N–C) groups is 1. The number of amides is 1. The Kier molecular flexibility index (Phi) is 9.16. The summed E-state index contributed by atoms with van der Waals surface area (Å²) in [5, 5.41) is 10.2. The van der Waals surface area contributed by atoms with Crippen molar-refractivity contribution in [3.8, 4) is 0 Å². The molecule has 0 saturated heterocycles. The second kappa shape index (κ2) is 11.1. The number of halogens is 2. The van der Waals surface area contributed by atoms with Gasteiger partial charge in [-0.2, -0.15) is 0 Å². The Balaban J connectivity index is 0.00000300. The van der Waals surface area contributed by atoms with E-state index >= 15 is 0 Å². The van der Waals surface area contributed by atoms with Gasteiger partial charge in [0.25, 0.3) is 5.91 Å². The highest BCUT2D eigenvalue weighted by molar-refractivity contribution is 14.0. The van der Waals surface area contributed by atoms with Crippen LogP contribution in [-0.2, 0) is 5.41 Å². The minimum Gasteiger partial charge on any atom is -0.357 e. The van der Waals surface area contributed by atoms with Crippen LogP contribution in [0.15, 0.2) is 34.8 Å². The van der Waals surface area contributed by atoms with Crippen LogP contribution in [0.1, 0.15) is 40.7 Å². The maximum atomic E-state index is 12.1. The molecule has 2 aromatic rings. The minimum absolute atomic E-state index is 0. The third-order valence-electron chi connectivity index (χ3n) is 4.83. The van der Waals surface area contributed by atoms with Gasteiger partial charge in [-0.25, -0.2) is 4.98 Å². The fourth-order valence-electron chi connectivity index (χ4n) is 3.04. The fraction of sp³-hybridized carbons (Fsp3) is 0.450. The molecule has 1 amide bonds. The molecule has 9 heteroatoms. The molecule has 1 heterocycles. The first-order chi connectivity index (χ1) is 13.5. The van der Waals surface area contributed by atoms with Crippen LogP contribution >= 0.6 is 46.9 Å². The van der Waals surface area contributed by atoms with Crippen LogP contribution in [0.3, 0.4) is 0 Å². The fourth-order valence-corrected chi connectivity index (χ4v) is 3.95. The van der Waals surface area contributed by atoms with E-state index in [0.717, 1.165) is 42.6 Å². The highest BCUT2D eigenvalue weighted by Crippen LogP contribution is 2.48. The van der Waals surface area contributed by atoms with Gasteiger partial charge in [0, 0.05) is 30.1 Å². The van der Waals surface area contributed by atoms with Crippen molar-refractivity contribution in [1.29, 1.82) is 0 Å². The molecule has 3 N–H and O–H groups in total. The van der Waals surface area contributed by atoms with Crippen LogP contribution in [0, 0.1) is 6.92 Å². The van der Waals surface area contributed by atoms with E-state index in [1.54, 1.807) is 5.51 Å². The van der Waals surface area contributed by atoms with Crippen LogP contribution in [-0.4, -0.2) is 43.0 Å². The number of nitrogens with one attached hydrogen (secondary N) is 3. The molecule has 1 aromatic heterocycles. The highest BCUT2D eigenvalue weighted by atomic mass is 127. The number of carbonyl (C=O) groups is 1. The number of rotatable bonds is 8. The molecule has 0 atom stereocenters. The van der Waals surface area contributed by atoms with Gasteiger partial charge < -0.3 is 16.0 Å². The molecule has 0 bridgehead atoms. The Morgan fingerprint density at radius 3 is 2.66 bits per heavy atom. The molecule has 0 radical (unpaired) electrons. The molecule has 1 aliphatic carbocycles. The van der Waals surface area contributed by atoms with E-state index in [2.05, 4.69) is 27.0 Å². The maximum Gasteiger partial charge on any atom is 0.263 e. The summed E-state index contributed by atoms with van der Waals surface area (Å²) in [7, 11) is 0. The maximum absolute atomic E-state index is 12.1. The van der Waals surface area contributed by atoms with Crippen molar-refractivity contribution in [2.24, 2.45) is 4.99 Å². The molecule has 0 spiro atoms. The summed E-state index contributed by atoms with van der Waals surface area (Å²) < 4.78 is 0. The van der Waals surface area contributed by atoms with Gasteiger partial charge in [0.2, 0.25) is 0 Å². The monoisotopic (exact) mass is 547 g/mol. The lowest BCUT2D eigenvalue weighted by Crippen LogP contribution is -2.42. The van der Waals surface area contributed by atoms with Crippen molar-refractivity contribution in [2.45, 2.75) is 32.1 Å². The molecule has 6 nitrogen and oxygen atoms in total. The lowest BCUT2D eigenvalue weighted by Gasteiger charge is -2.16. The smallest absolute Gasteiger partial charge is 0.263 e. The van der Waals surface area contributed by atoms with Gasteiger partial charge >= 0.3 is 0 Å². The second-order valence-electron chi connectivity index (χ2n) is 6.94. The number of benzene rings is 1. The summed E-state index contributed by atoms with van der Waals surface area (Å²) in [5.74, 6) is 0.681. The van der Waals surface area contributed by atoms with E-state index in [4.69, 9.17) is 16.6 Å². The first-order valence-electron chi connectivity index (χ1n) is 9.50. The molecule has 1 aliphatic rings. The number of nitrogens with zero attached hydrogens (tertiary/aromatic N) is 2. The molecule has 1 aromatic carbocycles. The average Bonchev–Trinajstić information content (AvgIpc) is 3.36. The number of carbonyl (C=O) groups excluding carboxylic acids is 1. The molecule has 0 aliphatic heterocycles. The number of hydrogen-bond donors (Lipinski definition) is 3. The summed E-state index contributed by atoms with van der Waals surface area (Å²) in [5.41, 5.74) is 3.81. The standard InChI is InChI=1S/C20H26ClN5OS.HI/c1-3-22-19(24-10-9-23-18(27)17-14(2)26-13-28-17)25-12-20(7-8-20)15-5-4-6-16(21)11-15;/h4-6,11,13H,3,7-10,12H2,1-2H3,(H,23,27)(H2,22,24,25);1H. The summed E-state index contributed by atoms with van der Waals surface area (Å²) >= 11 is 7.51. The Hall–Kier alpha value is -1.39. The zero-order chi connectivity index (χ0) is 20.0. The quantitative estimate of drug-likeness (QED) is 0.204. The summed E-state index contributed by atoms with van der Waals surface area (Å²) in [6.07, 6.45) is 2.25. The van der Waals surface area contributed by atoms with Crippen LogP contribution < -0.4 is 16.0 Å². The lowest BCUT2D eigenvalue weighted by molar-refractivity contribution is 0.0957. The SMILES string of the molecule is CCNC(=NCC1(c2cccc(Cl)c2)CC1)NCCNC(=O)c1scnc1C.I. The Morgan fingerprint density at radius 1 is 1.28 bits per heavy atom. The molecular formula is C20H27ClIN5OS. The van der Waals surface area contributed by atoms with Crippen LogP contribution in [0.2, 0.25) is 5.02 Å². The average molecular weight is 548 g/mol. The number of thiazole rings is 1. The second-order valence-corrected chi connectivity index (χ2v) is 8.23. The predicted molar refractivity (Wildman–Crippen MR) is 131 cm³/mol. The van der Waals surface area contributed by atoms with Gasteiger partial charge in [0.15, 0.2) is 5.96 Å². The molecule has 3 rings (SSSR count). The van der Waals surface area contributed by atoms with Gasteiger partial charge in [-0.15, -0.1) is 35.3 Å². The third kappa shape index (κ3) is 6.55. The molecule has 1 fully saturated rings. The van der Waals surface area contributed by atoms with Gasteiger partial charge in [-0.05, 0) is 44.4 Å². The van der Waals surface area contributed by atoms with Crippen molar-refractivity contribution < 1.29 is 4.79 Å². The predicted octanol–water partition coefficient (Wildman–Crippen LogP) is 3.74. The highest BCUT2D eigenvalue weighted by Gasteiger charge is 2.44. The molecular weight excluding hydrogens is 521 g/mol. The van der Waals surface area contributed by atoms with Crippen LogP contribution in [0.4, 0.5) is 0 Å². The number of hydrogen-bond acceptors (Lipinski definition) is 4. The molecule has 29 heavy (non-hydrogen) atoms. The van der Waals surface area contributed by atoms with E-state index in [1.807, 2.05) is 32.0 Å². The van der Waals surface area contributed by atoms with E-state index in [-0.39, 0.29) is 35.3 Å². The Labute approximate surface area is 198 Å². The van der Waals surface area contributed by atoms with E-state index < -0.39 is 0 Å². The van der Waals surface area contributed by atoms with Crippen molar-refractivity contribution in [3.05, 3.63) is 50.9 Å². The molecule has 0 unspecified atom stereocenters. The van der Waals surface area contributed by atoms with E-state index in [0.29, 0.717) is 18.0 Å². The van der Waals surface area contributed by atoms with Gasteiger partial charge in [0.05, 0.1) is 17.7 Å². The third-order valence-corrected chi connectivity index (χ3v) is 5.99. The van der Waals surface area contributed by atoms with Gasteiger partial charge in [-0.1, -0.05) is 23.7 Å². The largest absolute Gasteiger partial charge is 0.357 e. The zero-order valence-corrected chi connectivity index (χ0v) is 20.5. The van der Waals surface area contributed by atoms with Crippen LogP contribution in [0.25, 0.3) is 0 Å². The normalized spacial score (nSPS) is 14.7. The van der Waals surface area contributed by atoms with Gasteiger partial charge in [-0.3, -0.25) is 9.79 Å². The van der Waals surface area contributed by atoms with Crippen molar-refractivity contribution in [1.82, 2.24) is 20.9 Å². The van der Waals surface area contributed by atoms with E-state index in [1.165, 1.54) is 16.9 Å². The summed E-state index contributed by atoms with van der Waals surface area (Å²) in [6, 6.07) is 8.07. The van der Waals surface area contributed by atoms with E-state index in [9.17, 15) is 4.79 Å². The number of guanidine groups is 1. The van der Waals surface area contributed by atoms with Gasteiger partial charge in [0.1, 0.15) is 4.88 Å².